The molecule has 9 heteroatoms. The second-order valence-corrected chi connectivity index (χ2v) is 5.98. The summed E-state index contributed by atoms with van der Waals surface area (Å²) in [5.74, 6) is 0.418. The zero-order valence-electron chi connectivity index (χ0n) is 16.5. The molecule has 0 fully saturated rings. The van der Waals surface area contributed by atoms with E-state index in [9.17, 15) is 9.18 Å². The molecule has 1 amide bonds. The molecule has 0 unspecified atom stereocenters. The Morgan fingerprint density at radius 3 is 2.33 bits per heavy atom. The van der Waals surface area contributed by atoms with E-state index in [1.165, 1.54) is 52.1 Å². The minimum Gasteiger partial charge on any atom is -0.497 e. The van der Waals surface area contributed by atoms with E-state index >= 15 is 0 Å². The number of rotatable bonds is 7. The first-order valence-electron chi connectivity index (χ1n) is 8.76. The van der Waals surface area contributed by atoms with Crippen LogP contribution in [-0.2, 0) is 0 Å². The van der Waals surface area contributed by atoms with Gasteiger partial charge in [-0.1, -0.05) is 0 Å². The van der Waals surface area contributed by atoms with Crippen molar-refractivity contribution >= 4 is 12.1 Å². The predicted molar refractivity (Wildman–Crippen MR) is 109 cm³/mol. The average Bonchev–Trinajstić information content (AvgIpc) is 2.78. The summed E-state index contributed by atoms with van der Waals surface area (Å²) in [5, 5.41) is 3.92. The van der Waals surface area contributed by atoms with Crippen molar-refractivity contribution in [1.29, 1.82) is 0 Å². The van der Waals surface area contributed by atoms with Gasteiger partial charge >= 0.3 is 0 Å². The van der Waals surface area contributed by atoms with Crippen LogP contribution in [0.4, 0.5) is 4.39 Å². The molecular weight excluding hydrogens is 391 g/mol. The number of carbonyl (C=O) groups excluding carboxylic acids is 1. The first-order chi connectivity index (χ1) is 14.5. The Morgan fingerprint density at radius 1 is 1.00 bits per heavy atom. The number of hydrazone groups is 1. The molecule has 1 aromatic heterocycles. The molecule has 8 nitrogen and oxygen atoms in total. The van der Waals surface area contributed by atoms with Crippen LogP contribution in [0.1, 0.15) is 16.1 Å². The van der Waals surface area contributed by atoms with Gasteiger partial charge in [0.1, 0.15) is 28.8 Å². The number of nitrogens with one attached hydrogen (secondary N) is 1. The van der Waals surface area contributed by atoms with Crippen molar-refractivity contribution in [3.8, 4) is 28.5 Å². The molecule has 30 heavy (non-hydrogen) atoms. The van der Waals surface area contributed by atoms with Gasteiger partial charge in [0.15, 0.2) is 0 Å². The van der Waals surface area contributed by atoms with Gasteiger partial charge in [0.05, 0.1) is 45.6 Å². The van der Waals surface area contributed by atoms with Crippen LogP contribution < -0.4 is 19.6 Å². The van der Waals surface area contributed by atoms with Crippen LogP contribution in [0.15, 0.2) is 53.9 Å². The van der Waals surface area contributed by atoms with E-state index < -0.39 is 11.7 Å². The summed E-state index contributed by atoms with van der Waals surface area (Å²) in [7, 11) is 4.52. The van der Waals surface area contributed by atoms with E-state index in [-0.39, 0.29) is 17.0 Å². The molecule has 0 saturated carbocycles. The van der Waals surface area contributed by atoms with Gasteiger partial charge in [-0.2, -0.15) is 5.10 Å². The van der Waals surface area contributed by atoms with Crippen molar-refractivity contribution in [2.45, 2.75) is 0 Å². The quantitative estimate of drug-likeness (QED) is 0.475. The summed E-state index contributed by atoms with van der Waals surface area (Å²) in [6.07, 6.45) is 4.07. The van der Waals surface area contributed by atoms with Crippen molar-refractivity contribution in [3.05, 3.63) is 65.9 Å². The van der Waals surface area contributed by atoms with Crippen molar-refractivity contribution in [3.63, 3.8) is 0 Å². The minimum absolute atomic E-state index is 0.0110. The highest BCUT2D eigenvalue weighted by molar-refractivity contribution is 5.93. The van der Waals surface area contributed by atoms with Crippen molar-refractivity contribution in [2.75, 3.05) is 21.3 Å². The Balaban J connectivity index is 1.75. The zero-order chi connectivity index (χ0) is 21.5. The second kappa shape index (κ2) is 9.46. The van der Waals surface area contributed by atoms with Crippen molar-refractivity contribution in [2.24, 2.45) is 5.10 Å². The minimum atomic E-state index is -0.593. The van der Waals surface area contributed by atoms with Gasteiger partial charge in [0, 0.05) is 23.3 Å². The number of carbonyl (C=O) groups is 1. The lowest BCUT2D eigenvalue weighted by Gasteiger charge is -2.07. The van der Waals surface area contributed by atoms with Gasteiger partial charge in [-0.15, -0.1) is 0 Å². The summed E-state index contributed by atoms with van der Waals surface area (Å²) < 4.78 is 29.6. The van der Waals surface area contributed by atoms with Gasteiger partial charge in [0.25, 0.3) is 5.91 Å². The molecule has 0 atom stereocenters. The molecule has 0 saturated heterocycles. The van der Waals surface area contributed by atoms with E-state index in [0.717, 1.165) is 0 Å². The number of halogens is 1. The Hall–Kier alpha value is -4.01. The summed E-state index contributed by atoms with van der Waals surface area (Å²) in [6, 6.07) is 9.51. The number of aromatic nitrogens is 2. The monoisotopic (exact) mass is 410 g/mol. The Labute approximate surface area is 172 Å². The Kier molecular flexibility index (Phi) is 6.53. The van der Waals surface area contributed by atoms with Gasteiger partial charge in [0.2, 0.25) is 0 Å². The fraction of sp³-hybridized carbons (Fsp3) is 0.143. The maximum atomic E-state index is 14.3. The van der Waals surface area contributed by atoms with Crippen LogP contribution in [0, 0.1) is 5.82 Å². The smallest absolute Gasteiger partial charge is 0.291 e. The number of nitrogens with zero attached hydrogens (tertiary/aromatic N) is 3. The Bertz CT molecular complexity index is 1070. The van der Waals surface area contributed by atoms with E-state index in [1.54, 1.807) is 24.3 Å². The lowest BCUT2D eigenvalue weighted by atomic mass is 10.1. The van der Waals surface area contributed by atoms with E-state index in [2.05, 4.69) is 20.5 Å². The molecule has 0 aliphatic heterocycles. The van der Waals surface area contributed by atoms with Gasteiger partial charge in [-0.3, -0.25) is 9.78 Å². The lowest BCUT2D eigenvalue weighted by molar-refractivity contribution is 0.0950. The van der Waals surface area contributed by atoms with Gasteiger partial charge in [-0.25, -0.2) is 14.8 Å². The maximum Gasteiger partial charge on any atom is 0.291 e. The number of benzene rings is 2. The molecule has 154 valence electrons. The fourth-order valence-electron chi connectivity index (χ4n) is 2.56. The summed E-state index contributed by atoms with van der Waals surface area (Å²) in [6.45, 7) is 0. The third-order valence-electron chi connectivity index (χ3n) is 4.07. The maximum absolute atomic E-state index is 14.3. The number of hydrogen-bond acceptors (Lipinski definition) is 7. The summed E-state index contributed by atoms with van der Waals surface area (Å²) in [5.41, 5.74) is 3.43. The molecule has 0 aliphatic carbocycles. The highest BCUT2D eigenvalue weighted by Gasteiger charge is 2.12. The third-order valence-corrected chi connectivity index (χ3v) is 4.07. The topological polar surface area (TPSA) is 94.9 Å². The molecular formula is C21H19FN4O4. The van der Waals surface area contributed by atoms with E-state index in [0.29, 0.717) is 22.8 Å². The standard InChI is InChI=1S/C21H19FN4O4/c1-28-14-4-5-17(18(22)9-14)19-11-23-12-20(25-19)21(27)26-24-10-13-6-15(29-2)8-16(7-13)30-3/h4-12H,1-3H3,(H,26,27)/b24-10+. The van der Waals surface area contributed by atoms with Crippen molar-refractivity contribution < 1.29 is 23.4 Å². The molecule has 0 aliphatic rings. The number of ether oxygens (including phenoxy) is 3. The van der Waals surface area contributed by atoms with Crippen molar-refractivity contribution in [1.82, 2.24) is 15.4 Å². The molecule has 0 radical (unpaired) electrons. The van der Waals surface area contributed by atoms with E-state index in [4.69, 9.17) is 14.2 Å². The SMILES string of the molecule is COc1cc(/C=N/NC(=O)c2cncc(-c3ccc(OC)cc3F)n2)cc(OC)c1. The van der Waals surface area contributed by atoms with Crippen LogP contribution in [0.5, 0.6) is 17.2 Å². The van der Waals surface area contributed by atoms with Gasteiger partial charge < -0.3 is 14.2 Å². The van der Waals surface area contributed by atoms with E-state index in [1.807, 2.05) is 0 Å². The molecule has 1 N–H and O–H groups in total. The molecule has 1 heterocycles. The lowest BCUT2D eigenvalue weighted by Crippen LogP contribution is -2.19. The van der Waals surface area contributed by atoms with Crippen LogP contribution in [-0.4, -0.2) is 43.4 Å². The molecule has 2 aromatic carbocycles. The zero-order valence-corrected chi connectivity index (χ0v) is 16.5. The largest absolute Gasteiger partial charge is 0.497 e. The number of amides is 1. The predicted octanol–water partition coefficient (Wildman–Crippen LogP) is 3.07. The first-order valence-corrected chi connectivity index (χ1v) is 8.76. The molecule has 0 spiro atoms. The number of methoxy groups -OCH3 is 3. The average molecular weight is 410 g/mol. The Morgan fingerprint density at radius 2 is 1.70 bits per heavy atom. The summed E-state index contributed by atoms with van der Waals surface area (Å²) in [4.78, 5) is 20.5. The highest BCUT2D eigenvalue weighted by Crippen LogP contribution is 2.24. The fourth-order valence-corrected chi connectivity index (χ4v) is 2.56. The molecule has 0 bridgehead atoms. The van der Waals surface area contributed by atoms with Crippen LogP contribution in [0.2, 0.25) is 0 Å². The highest BCUT2D eigenvalue weighted by atomic mass is 19.1. The second-order valence-electron chi connectivity index (χ2n) is 5.98. The van der Waals surface area contributed by atoms with Gasteiger partial charge in [-0.05, 0) is 24.3 Å². The third kappa shape index (κ3) is 4.88. The van der Waals surface area contributed by atoms with Crippen LogP contribution >= 0.6 is 0 Å². The normalized spacial score (nSPS) is 10.7. The van der Waals surface area contributed by atoms with Crippen LogP contribution in [0.3, 0.4) is 0 Å². The molecule has 3 rings (SSSR count). The molecule has 3 aromatic rings. The van der Waals surface area contributed by atoms with Crippen LogP contribution in [0.25, 0.3) is 11.3 Å². The summed E-state index contributed by atoms with van der Waals surface area (Å²) >= 11 is 0. The number of hydrogen-bond donors (Lipinski definition) is 1. The first kappa shape index (κ1) is 20.7.